The van der Waals surface area contributed by atoms with E-state index in [9.17, 15) is 4.79 Å². The Morgan fingerprint density at radius 1 is 1.15 bits per heavy atom. The van der Waals surface area contributed by atoms with Crippen molar-refractivity contribution in [2.45, 2.75) is 32.3 Å². The topological polar surface area (TPSA) is 93.4 Å². The Bertz CT molecular complexity index is 1380. The second-order valence-electron chi connectivity index (χ2n) is 9.08. The van der Waals surface area contributed by atoms with Crippen LogP contribution in [-0.4, -0.2) is 52.0 Å². The lowest BCUT2D eigenvalue weighted by molar-refractivity contribution is -0.117. The first-order chi connectivity index (χ1) is 16.0. The van der Waals surface area contributed by atoms with Crippen LogP contribution >= 0.6 is 0 Å². The summed E-state index contributed by atoms with van der Waals surface area (Å²) in [6, 6.07) is 7.62. The summed E-state index contributed by atoms with van der Waals surface area (Å²) in [5.74, 6) is 1.94. The molecular formula is C25H25N5O3. The number of rotatable bonds is 5. The van der Waals surface area contributed by atoms with Crippen molar-refractivity contribution >= 4 is 33.6 Å². The predicted octanol–water partition coefficient (Wildman–Crippen LogP) is 4.18. The number of benzene rings is 1. The number of amides is 1. The van der Waals surface area contributed by atoms with Crippen molar-refractivity contribution in [1.82, 2.24) is 19.9 Å². The standard InChI is InChI=1S/C25H25N5O3/c1-14-19-11-27-23(29-24(31)15-3-4-15)10-18(19)20(12-26-14)25-28-21-9-16(5-6-22(21)33-25)32-17-7-8-30(2)13-17/h5-6,9-12,15,17H,3-4,7-8,13H2,1-2H3,(H,27,29,31)/t17-/m0/s1. The molecule has 0 bridgehead atoms. The van der Waals surface area contributed by atoms with E-state index in [4.69, 9.17) is 14.1 Å². The molecular weight excluding hydrogens is 418 g/mol. The third-order valence-electron chi connectivity index (χ3n) is 6.41. The van der Waals surface area contributed by atoms with Crippen LogP contribution in [0.25, 0.3) is 33.3 Å². The first-order valence-electron chi connectivity index (χ1n) is 11.4. The summed E-state index contributed by atoms with van der Waals surface area (Å²) in [7, 11) is 2.11. The second-order valence-corrected chi connectivity index (χ2v) is 9.08. The molecule has 2 fully saturated rings. The molecule has 1 saturated heterocycles. The maximum absolute atomic E-state index is 12.2. The number of ether oxygens (including phenoxy) is 1. The van der Waals surface area contributed by atoms with Gasteiger partial charge < -0.3 is 19.4 Å². The van der Waals surface area contributed by atoms with Gasteiger partial charge in [0, 0.05) is 53.9 Å². The molecule has 1 N–H and O–H groups in total. The van der Waals surface area contributed by atoms with E-state index in [2.05, 4.69) is 27.2 Å². The molecule has 8 nitrogen and oxygen atoms in total. The van der Waals surface area contributed by atoms with E-state index in [0.717, 1.165) is 65.6 Å². The van der Waals surface area contributed by atoms with Gasteiger partial charge in [-0.3, -0.25) is 9.78 Å². The van der Waals surface area contributed by atoms with Crippen molar-refractivity contribution in [1.29, 1.82) is 0 Å². The number of carbonyl (C=O) groups is 1. The molecule has 0 spiro atoms. The van der Waals surface area contributed by atoms with Crippen LogP contribution in [0.4, 0.5) is 5.82 Å². The van der Waals surface area contributed by atoms with E-state index in [1.165, 1.54) is 0 Å². The molecule has 4 aromatic rings. The highest BCUT2D eigenvalue weighted by molar-refractivity contribution is 6.00. The Kier molecular flexibility index (Phi) is 4.76. The van der Waals surface area contributed by atoms with E-state index in [1.54, 1.807) is 12.4 Å². The highest BCUT2D eigenvalue weighted by atomic mass is 16.5. The number of nitrogens with one attached hydrogen (secondary N) is 1. The molecule has 1 amide bonds. The molecule has 2 aliphatic rings. The zero-order chi connectivity index (χ0) is 22.5. The van der Waals surface area contributed by atoms with Crippen LogP contribution in [0.3, 0.4) is 0 Å². The minimum absolute atomic E-state index is 0.0250. The maximum atomic E-state index is 12.2. The van der Waals surface area contributed by atoms with Gasteiger partial charge in [-0.1, -0.05) is 0 Å². The van der Waals surface area contributed by atoms with Gasteiger partial charge in [-0.05, 0) is 51.4 Å². The van der Waals surface area contributed by atoms with E-state index >= 15 is 0 Å². The van der Waals surface area contributed by atoms with E-state index in [-0.39, 0.29) is 17.9 Å². The molecule has 0 radical (unpaired) electrons. The summed E-state index contributed by atoms with van der Waals surface area (Å²) in [6.07, 6.45) is 6.62. The highest BCUT2D eigenvalue weighted by Crippen LogP contribution is 2.34. The SMILES string of the molecule is Cc1ncc(-c2nc3cc(O[C@H]4CCN(C)C4)ccc3o2)c2cc(NC(=O)C3CC3)ncc12. The summed E-state index contributed by atoms with van der Waals surface area (Å²) in [5, 5.41) is 4.71. The third kappa shape index (κ3) is 3.91. The normalized spacial score (nSPS) is 18.8. The molecule has 168 valence electrons. The second kappa shape index (κ2) is 7.81. The van der Waals surface area contributed by atoms with Crippen molar-refractivity contribution < 1.29 is 13.9 Å². The molecule has 33 heavy (non-hydrogen) atoms. The van der Waals surface area contributed by atoms with Crippen molar-refractivity contribution in [3.63, 3.8) is 0 Å². The zero-order valence-electron chi connectivity index (χ0n) is 18.7. The van der Waals surface area contributed by atoms with Gasteiger partial charge in [0.05, 0.1) is 5.56 Å². The zero-order valence-corrected chi connectivity index (χ0v) is 18.7. The van der Waals surface area contributed by atoms with Crippen molar-refractivity contribution in [3.8, 4) is 17.2 Å². The van der Waals surface area contributed by atoms with Crippen LogP contribution in [-0.2, 0) is 4.79 Å². The van der Waals surface area contributed by atoms with Crippen molar-refractivity contribution in [3.05, 3.63) is 42.4 Å². The van der Waals surface area contributed by atoms with Crippen LogP contribution in [0.2, 0.25) is 0 Å². The molecule has 4 heterocycles. The summed E-state index contributed by atoms with van der Waals surface area (Å²) in [6.45, 7) is 3.91. The molecule has 1 aromatic carbocycles. The first-order valence-corrected chi connectivity index (χ1v) is 11.4. The molecule has 0 unspecified atom stereocenters. The van der Waals surface area contributed by atoms with Gasteiger partial charge in [0.15, 0.2) is 5.58 Å². The molecule has 1 aliphatic carbocycles. The number of nitrogens with zero attached hydrogens (tertiary/aromatic N) is 4. The fourth-order valence-corrected chi connectivity index (χ4v) is 4.36. The lowest BCUT2D eigenvalue weighted by Gasteiger charge is -2.13. The largest absolute Gasteiger partial charge is 0.489 e. The van der Waals surface area contributed by atoms with Crippen LogP contribution in [0.15, 0.2) is 41.1 Å². The molecule has 1 saturated carbocycles. The number of aromatic nitrogens is 3. The molecule has 8 heteroatoms. The van der Waals surface area contributed by atoms with E-state index in [1.807, 2.05) is 31.2 Å². The van der Waals surface area contributed by atoms with Gasteiger partial charge >= 0.3 is 0 Å². The van der Waals surface area contributed by atoms with Crippen molar-refractivity contribution in [2.75, 3.05) is 25.5 Å². The summed E-state index contributed by atoms with van der Waals surface area (Å²) >= 11 is 0. The Morgan fingerprint density at radius 3 is 2.82 bits per heavy atom. The Balaban J connectivity index is 1.35. The number of carbonyl (C=O) groups excluding carboxylic acids is 1. The first kappa shape index (κ1) is 20.1. The van der Waals surface area contributed by atoms with Crippen LogP contribution < -0.4 is 10.1 Å². The van der Waals surface area contributed by atoms with Crippen LogP contribution in [0, 0.1) is 12.8 Å². The summed E-state index contributed by atoms with van der Waals surface area (Å²) in [5.41, 5.74) is 3.04. The number of oxazole rings is 1. The molecule has 1 atom stereocenters. The number of hydrogen-bond donors (Lipinski definition) is 1. The quantitative estimate of drug-likeness (QED) is 0.495. The van der Waals surface area contributed by atoms with Gasteiger partial charge in [0.1, 0.15) is 23.2 Å². The number of aryl methyl sites for hydroxylation is 1. The fourth-order valence-electron chi connectivity index (χ4n) is 4.36. The number of fused-ring (bicyclic) bond motifs is 2. The van der Waals surface area contributed by atoms with Gasteiger partial charge in [0.25, 0.3) is 0 Å². The van der Waals surface area contributed by atoms with Gasteiger partial charge in [0.2, 0.25) is 11.8 Å². The Labute approximate surface area is 191 Å². The Hall–Kier alpha value is -3.52. The maximum Gasteiger partial charge on any atom is 0.229 e. The fraction of sp³-hybridized carbons (Fsp3) is 0.360. The Morgan fingerprint density at radius 2 is 2.03 bits per heavy atom. The minimum atomic E-state index is 0.0250. The molecule has 3 aromatic heterocycles. The minimum Gasteiger partial charge on any atom is -0.489 e. The summed E-state index contributed by atoms with van der Waals surface area (Å²) in [4.78, 5) is 28.2. The van der Waals surface area contributed by atoms with Gasteiger partial charge in [-0.15, -0.1) is 0 Å². The monoisotopic (exact) mass is 443 g/mol. The number of pyridine rings is 2. The molecule has 1 aliphatic heterocycles. The molecule has 6 rings (SSSR count). The number of hydrogen-bond acceptors (Lipinski definition) is 7. The number of likely N-dealkylation sites (tertiary alicyclic amines) is 1. The lowest BCUT2D eigenvalue weighted by atomic mass is 10.1. The van der Waals surface area contributed by atoms with Crippen LogP contribution in [0.1, 0.15) is 25.0 Å². The highest BCUT2D eigenvalue weighted by Gasteiger charge is 2.30. The van der Waals surface area contributed by atoms with Crippen LogP contribution in [0.5, 0.6) is 5.75 Å². The van der Waals surface area contributed by atoms with Gasteiger partial charge in [-0.2, -0.15) is 0 Å². The number of likely N-dealkylation sites (N-methyl/N-ethyl adjacent to an activating group) is 1. The van der Waals surface area contributed by atoms with E-state index < -0.39 is 0 Å². The third-order valence-corrected chi connectivity index (χ3v) is 6.41. The smallest absolute Gasteiger partial charge is 0.229 e. The summed E-state index contributed by atoms with van der Waals surface area (Å²) < 4.78 is 12.2. The average molecular weight is 444 g/mol. The van der Waals surface area contributed by atoms with E-state index in [0.29, 0.717) is 17.3 Å². The predicted molar refractivity (Wildman–Crippen MR) is 125 cm³/mol. The number of anilines is 1. The lowest BCUT2D eigenvalue weighted by Crippen LogP contribution is -2.21. The van der Waals surface area contributed by atoms with Crippen molar-refractivity contribution in [2.24, 2.45) is 5.92 Å². The van der Waals surface area contributed by atoms with Gasteiger partial charge in [-0.25, -0.2) is 9.97 Å². The average Bonchev–Trinajstić information content (AvgIpc) is 3.46.